The fourth-order valence-corrected chi connectivity index (χ4v) is 5.16. The number of rotatable bonds is 4. The number of thioether (sulfide) groups is 1. The van der Waals surface area contributed by atoms with Gasteiger partial charge in [-0.25, -0.2) is 8.42 Å². The smallest absolute Gasteiger partial charge is 0.248 e. The lowest BCUT2D eigenvalue weighted by atomic mass is 10.1. The van der Waals surface area contributed by atoms with Gasteiger partial charge < -0.3 is 0 Å². The topological polar surface area (TPSA) is 92.3 Å². The maximum atomic E-state index is 11.9. The Morgan fingerprint density at radius 3 is 2.56 bits per heavy atom. The van der Waals surface area contributed by atoms with Gasteiger partial charge in [0.15, 0.2) is 9.84 Å². The highest BCUT2D eigenvalue weighted by Gasteiger charge is 2.33. The van der Waals surface area contributed by atoms with Crippen LogP contribution in [0.15, 0.2) is 47.4 Å². The molecule has 2 aromatic carbocycles. The molecule has 2 aromatic rings. The molecular formula is C17H18N2O4S2. The van der Waals surface area contributed by atoms with E-state index in [0.29, 0.717) is 6.42 Å². The number of hydrogen-bond donors (Lipinski definition) is 2. The fraction of sp³-hybridized carbons (Fsp3) is 0.294. The zero-order chi connectivity index (χ0) is 17.9. The normalized spacial score (nSPS) is 18.8. The average molecular weight is 378 g/mol. The molecule has 1 saturated heterocycles. The Kier molecular flexibility index (Phi) is 5.29. The van der Waals surface area contributed by atoms with Gasteiger partial charge in [-0.1, -0.05) is 30.3 Å². The summed E-state index contributed by atoms with van der Waals surface area (Å²) in [6, 6.07) is 13.9. The Morgan fingerprint density at radius 2 is 1.84 bits per heavy atom. The minimum Gasteiger partial charge on any atom is -0.273 e. The van der Waals surface area contributed by atoms with Gasteiger partial charge in [-0.05, 0) is 29.3 Å². The Hall–Kier alpha value is -2.06. The van der Waals surface area contributed by atoms with Crippen LogP contribution in [0.4, 0.5) is 0 Å². The molecule has 132 valence electrons. The number of hydrogen-bond acceptors (Lipinski definition) is 5. The van der Waals surface area contributed by atoms with Crippen LogP contribution in [0.25, 0.3) is 10.8 Å². The van der Waals surface area contributed by atoms with E-state index in [0.717, 1.165) is 15.7 Å². The van der Waals surface area contributed by atoms with Crippen molar-refractivity contribution in [2.75, 3.05) is 17.3 Å². The lowest BCUT2D eigenvalue weighted by Gasteiger charge is -2.10. The van der Waals surface area contributed by atoms with Crippen molar-refractivity contribution in [2.45, 2.75) is 11.3 Å². The van der Waals surface area contributed by atoms with Crippen LogP contribution >= 0.6 is 11.8 Å². The van der Waals surface area contributed by atoms with Gasteiger partial charge in [-0.3, -0.25) is 20.4 Å². The third kappa shape index (κ3) is 4.73. The van der Waals surface area contributed by atoms with Gasteiger partial charge in [0, 0.05) is 4.90 Å². The summed E-state index contributed by atoms with van der Waals surface area (Å²) in [5.41, 5.74) is 4.65. The van der Waals surface area contributed by atoms with Gasteiger partial charge in [0.25, 0.3) is 0 Å². The van der Waals surface area contributed by atoms with Crippen molar-refractivity contribution in [1.29, 1.82) is 0 Å². The van der Waals surface area contributed by atoms with Crippen LogP contribution in [0.3, 0.4) is 0 Å². The third-order valence-corrected chi connectivity index (χ3v) is 6.78. The molecular weight excluding hydrogens is 360 g/mol. The molecule has 1 fully saturated rings. The molecule has 0 spiro atoms. The van der Waals surface area contributed by atoms with E-state index in [2.05, 4.69) is 10.9 Å². The maximum absolute atomic E-state index is 11.9. The van der Waals surface area contributed by atoms with Gasteiger partial charge in [-0.2, -0.15) is 0 Å². The molecule has 0 saturated carbocycles. The number of fused-ring (bicyclic) bond motifs is 1. The zero-order valence-electron chi connectivity index (χ0n) is 13.4. The number of benzene rings is 2. The molecule has 3 rings (SSSR count). The number of carbonyl (C=O) groups excluding carboxylic acids is 2. The molecule has 1 aliphatic heterocycles. The van der Waals surface area contributed by atoms with Crippen molar-refractivity contribution in [2.24, 2.45) is 5.92 Å². The molecule has 0 aromatic heterocycles. The van der Waals surface area contributed by atoms with Crippen molar-refractivity contribution in [3.05, 3.63) is 42.5 Å². The van der Waals surface area contributed by atoms with E-state index >= 15 is 0 Å². The molecule has 1 heterocycles. The minimum absolute atomic E-state index is 0.0247. The lowest BCUT2D eigenvalue weighted by Crippen LogP contribution is -2.45. The third-order valence-electron chi connectivity index (χ3n) is 4.02. The summed E-state index contributed by atoms with van der Waals surface area (Å²) in [4.78, 5) is 24.7. The lowest BCUT2D eigenvalue weighted by molar-refractivity contribution is -0.129. The molecule has 0 radical (unpaired) electrons. The quantitative estimate of drug-likeness (QED) is 0.622. The summed E-state index contributed by atoms with van der Waals surface area (Å²) in [7, 11) is -3.12. The summed E-state index contributed by atoms with van der Waals surface area (Å²) in [5, 5.41) is 2.23. The summed E-state index contributed by atoms with van der Waals surface area (Å²) in [6.07, 6.45) is 0.301. The minimum atomic E-state index is -3.12. The number of sulfone groups is 1. The predicted molar refractivity (Wildman–Crippen MR) is 97.7 cm³/mol. The highest BCUT2D eigenvalue weighted by atomic mass is 32.2. The highest BCUT2D eigenvalue weighted by molar-refractivity contribution is 8.00. The van der Waals surface area contributed by atoms with Gasteiger partial charge in [0.2, 0.25) is 11.8 Å². The van der Waals surface area contributed by atoms with E-state index in [9.17, 15) is 18.0 Å². The van der Waals surface area contributed by atoms with Crippen LogP contribution in [0, 0.1) is 5.92 Å². The van der Waals surface area contributed by atoms with Gasteiger partial charge in [0.1, 0.15) is 0 Å². The van der Waals surface area contributed by atoms with E-state index in [-0.39, 0.29) is 23.2 Å². The van der Waals surface area contributed by atoms with Crippen LogP contribution in [0.2, 0.25) is 0 Å². The van der Waals surface area contributed by atoms with Gasteiger partial charge in [0.05, 0.1) is 23.2 Å². The summed E-state index contributed by atoms with van der Waals surface area (Å²) in [6.45, 7) is 0. The van der Waals surface area contributed by atoms with E-state index in [1.54, 1.807) is 0 Å². The zero-order valence-corrected chi connectivity index (χ0v) is 15.0. The summed E-state index contributed by atoms with van der Waals surface area (Å²) >= 11 is 1.37. The second-order valence-corrected chi connectivity index (χ2v) is 9.21. The van der Waals surface area contributed by atoms with Crippen LogP contribution in [-0.4, -0.2) is 37.5 Å². The Morgan fingerprint density at radius 1 is 1.08 bits per heavy atom. The van der Waals surface area contributed by atoms with Crippen LogP contribution in [0.1, 0.15) is 6.42 Å². The van der Waals surface area contributed by atoms with E-state index in [1.165, 1.54) is 11.8 Å². The summed E-state index contributed by atoms with van der Waals surface area (Å²) < 4.78 is 22.7. The van der Waals surface area contributed by atoms with Crippen molar-refractivity contribution in [3.63, 3.8) is 0 Å². The van der Waals surface area contributed by atoms with E-state index < -0.39 is 21.7 Å². The highest BCUT2D eigenvalue weighted by Crippen LogP contribution is 2.23. The number of nitrogens with one attached hydrogen (secondary N) is 2. The first-order chi connectivity index (χ1) is 11.9. The van der Waals surface area contributed by atoms with Crippen molar-refractivity contribution >= 4 is 44.2 Å². The standard InChI is InChI=1S/C17H18N2O4S2/c20-16(18-19-17(21)14-7-8-25(22,23)11-14)10-24-15-6-5-12-3-1-2-4-13(12)9-15/h1-6,9,14H,7-8,10-11H2,(H,18,20)(H,19,21)/t14-/m1/s1. The number of hydrazine groups is 1. The van der Waals surface area contributed by atoms with Crippen LogP contribution in [0.5, 0.6) is 0 Å². The molecule has 2 N–H and O–H groups in total. The molecule has 6 nitrogen and oxygen atoms in total. The molecule has 8 heteroatoms. The number of amides is 2. The predicted octanol–water partition coefficient (Wildman–Crippen LogP) is 1.51. The Labute approximate surface area is 150 Å². The van der Waals surface area contributed by atoms with E-state index in [1.807, 2.05) is 42.5 Å². The second-order valence-electron chi connectivity index (χ2n) is 5.94. The Bertz CT molecular complexity index is 912. The summed E-state index contributed by atoms with van der Waals surface area (Å²) in [5.74, 6) is -1.35. The molecule has 0 aliphatic carbocycles. The van der Waals surface area contributed by atoms with Crippen LogP contribution < -0.4 is 10.9 Å². The molecule has 0 bridgehead atoms. The molecule has 0 unspecified atom stereocenters. The Balaban J connectivity index is 1.47. The molecule has 1 aliphatic rings. The van der Waals surface area contributed by atoms with E-state index in [4.69, 9.17) is 0 Å². The average Bonchev–Trinajstić information content (AvgIpc) is 2.97. The van der Waals surface area contributed by atoms with Crippen LogP contribution in [-0.2, 0) is 19.4 Å². The second kappa shape index (κ2) is 7.45. The van der Waals surface area contributed by atoms with Crippen molar-refractivity contribution in [1.82, 2.24) is 10.9 Å². The van der Waals surface area contributed by atoms with Gasteiger partial charge in [-0.15, -0.1) is 11.8 Å². The SMILES string of the molecule is O=C(CSc1ccc2ccccc2c1)NNC(=O)[C@@H]1CCS(=O)(=O)C1. The van der Waals surface area contributed by atoms with Crippen molar-refractivity contribution < 1.29 is 18.0 Å². The first kappa shape index (κ1) is 17.8. The largest absolute Gasteiger partial charge is 0.273 e. The molecule has 1 atom stereocenters. The first-order valence-corrected chi connectivity index (χ1v) is 10.6. The first-order valence-electron chi connectivity index (χ1n) is 7.84. The molecule has 25 heavy (non-hydrogen) atoms. The number of carbonyl (C=O) groups is 2. The fourth-order valence-electron chi connectivity index (χ4n) is 2.68. The molecule has 2 amide bonds. The van der Waals surface area contributed by atoms with Gasteiger partial charge >= 0.3 is 0 Å². The van der Waals surface area contributed by atoms with Crippen molar-refractivity contribution in [3.8, 4) is 0 Å². The maximum Gasteiger partial charge on any atom is 0.248 e. The monoisotopic (exact) mass is 378 g/mol.